The number of nitrogens with zero attached hydrogens (tertiary/aromatic N) is 2. The van der Waals surface area contributed by atoms with Crippen LogP contribution in [0.3, 0.4) is 0 Å². The highest BCUT2D eigenvalue weighted by Gasteiger charge is 2.33. The van der Waals surface area contributed by atoms with Crippen molar-refractivity contribution in [2.75, 3.05) is 40.4 Å². The maximum absolute atomic E-state index is 12.8. The third-order valence-corrected chi connectivity index (χ3v) is 5.64. The quantitative estimate of drug-likeness (QED) is 0.803. The molecule has 1 N–H and O–H groups in total. The van der Waals surface area contributed by atoms with Gasteiger partial charge in [-0.15, -0.1) is 0 Å². The molecule has 0 radical (unpaired) electrons. The third-order valence-electron chi connectivity index (χ3n) is 5.64. The van der Waals surface area contributed by atoms with E-state index in [-0.39, 0.29) is 18.2 Å². The van der Waals surface area contributed by atoms with E-state index in [0.29, 0.717) is 19.6 Å². The number of piperazine rings is 1. The van der Waals surface area contributed by atoms with Gasteiger partial charge in [-0.25, -0.2) is 0 Å². The number of carbonyl (C=O) groups excluding carboxylic acids is 2. The summed E-state index contributed by atoms with van der Waals surface area (Å²) < 4.78 is 10.8. The van der Waals surface area contributed by atoms with Crippen LogP contribution in [0.15, 0.2) is 18.2 Å². The number of methoxy groups -OCH3 is 2. The van der Waals surface area contributed by atoms with Gasteiger partial charge in [-0.05, 0) is 18.9 Å². The molecule has 154 valence electrons. The van der Waals surface area contributed by atoms with Crippen molar-refractivity contribution in [2.45, 2.75) is 44.7 Å². The molecule has 1 unspecified atom stereocenters. The summed E-state index contributed by atoms with van der Waals surface area (Å²) in [5, 5.41) is 2.91. The molecule has 7 nitrogen and oxygen atoms in total. The van der Waals surface area contributed by atoms with Crippen molar-refractivity contribution < 1.29 is 19.1 Å². The topological polar surface area (TPSA) is 71.1 Å². The van der Waals surface area contributed by atoms with Crippen LogP contribution in [0, 0.1) is 0 Å². The first-order chi connectivity index (χ1) is 13.6. The smallest absolute Gasteiger partial charge is 0.237 e. The van der Waals surface area contributed by atoms with Crippen LogP contribution in [0.4, 0.5) is 0 Å². The van der Waals surface area contributed by atoms with Crippen molar-refractivity contribution in [3.05, 3.63) is 23.8 Å². The molecule has 0 bridgehead atoms. The fraction of sp³-hybridized carbons (Fsp3) is 0.619. The third kappa shape index (κ3) is 4.95. The van der Waals surface area contributed by atoms with E-state index in [4.69, 9.17) is 9.47 Å². The molecule has 3 rings (SSSR count). The van der Waals surface area contributed by atoms with Crippen molar-refractivity contribution >= 4 is 11.8 Å². The highest BCUT2D eigenvalue weighted by atomic mass is 16.5. The van der Waals surface area contributed by atoms with Gasteiger partial charge in [0, 0.05) is 44.4 Å². The second-order valence-corrected chi connectivity index (χ2v) is 7.45. The standard InChI is InChI=1S/C21H31N3O4/c1-27-17-8-7-16(19(13-17)28-2)15-24-12-9-22-21(26)18(24)14-20(25)23-10-5-3-4-6-11-23/h7-8,13,18H,3-6,9-12,14-15H2,1-2H3,(H,22,26). The van der Waals surface area contributed by atoms with Crippen molar-refractivity contribution in [3.63, 3.8) is 0 Å². The Balaban J connectivity index is 1.71. The summed E-state index contributed by atoms with van der Waals surface area (Å²) in [5.74, 6) is 1.46. The summed E-state index contributed by atoms with van der Waals surface area (Å²) in [4.78, 5) is 29.4. The van der Waals surface area contributed by atoms with Gasteiger partial charge in [-0.3, -0.25) is 14.5 Å². The van der Waals surface area contributed by atoms with Crippen LogP contribution in [-0.4, -0.2) is 68.1 Å². The predicted molar refractivity (Wildman–Crippen MR) is 106 cm³/mol. The zero-order chi connectivity index (χ0) is 19.9. The van der Waals surface area contributed by atoms with Gasteiger partial charge in [0.2, 0.25) is 11.8 Å². The molecule has 28 heavy (non-hydrogen) atoms. The molecule has 2 amide bonds. The van der Waals surface area contributed by atoms with E-state index in [9.17, 15) is 9.59 Å². The number of benzene rings is 1. The Labute approximate surface area is 167 Å². The van der Waals surface area contributed by atoms with Crippen LogP contribution >= 0.6 is 0 Å². The van der Waals surface area contributed by atoms with Crippen molar-refractivity contribution in [3.8, 4) is 11.5 Å². The number of rotatable bonds is 6. The lowest BCUT2D eigenvalue weighted by Crippen LogP contribution is -2.56. The maximum atomic E-state index is 12.8. The Morgan fingerprint density at radius 2 is 1.86 bits per heavy atom. The zero-order valence-corrected chi connectivity index (χ0v) is 16.9. The second kappa shape index (κ2) is 9.78. The molecule has 1 aromatic rings. The van der Waals surface area contributed by atoms with E-state index in [1.54, 1.807) is 14.2 Å². The number of carbonyl (C=O) groups is 2. The van der Waals surface area contributed by atoms with E-state index in [1.807, 2.05) is 23.1 Å². The van der Waals surface area contributed by atoms with Crippen molar-refractivity contribution in [1.82, 2.24) is 15.1 Å². The van der Waals surface area contributed by atoms with Gasteiger partial charge < -0.3 is 19.7 Å². The van der Waals surface area contributed by atoms with Gasteiger partial charge in [0.05, 0.1) is 26.7 Å². The molecular formula is C21H31N3O4. The Bertz CT molecular complexity index is 686. The highest BCUT2D eigenvalue weighted by molar-refractivity contribution is 5.88. The Morgan fingerprint density at radius 1 is 1.11 bits per heavy atom. The molecule has 0 aliphatic carbocycles. The van der Waals surface area contributed by atoms with Crippen LogP contribution < -0.4 is 14.8 Å². The monoisotopic (exact) mass is 389 g/mol. The number of ether oxygens (including phenoxy) is 2. The fourth-order valence-electron chi connectivity index (χ4n) is 3.99. The minimum atomic E-state index is -0.448. The molecule has 7 heteroatoms. The molecule has 0 aromatic heterocycles. The fourth-order valence-corrected chi connectivity index (χ4v) is 3.99. The summed E-state index contributed by atoms with van der Waals surface area (Å²) in [6.07, 6.45) is 4.68. The normalized spacial score (nSPS) is 21.0. The van der Waals surface area contributed by atoms with Gasteiger partial charge in [0.25, 0.3) is 0 Å². The number of hydrogen-bond donors (Lipinski definition) is 1. The van der Waals surface area contributed by atoms with Gasteiger partial charge in [0.1, 0.15) is 11.5 Å². The lowest BCUT2D eigenvalue weighted by atomic mass is 10.1. The average Bonchev–Trinajstić information content (AvgIpc) is 3.00. The van der Waals surface area contributed by atoms with E-state index >= 15 is 0 Å². The molecule has 1 aromatic carbocycles. The minimum Gasteiger partial charge on any atom is -0.497 e. The van der Waals surface area contributed by atoms with E-state index in [2.05, 4.69) is 10.2 Å². The minimum absolute atomic E-state index is 0.0677. The first kappa shape index (κ1) is 20.5. The summed E-state index contributed by atoms with van der Waals surface area (Å²) >= 11 is 0. The number of likely N-dealkylation sites (tertiary alicyclic amines) is 1. The molecule has 2 aliphatic heterocycles. The summed E-state index contributed by atoms with van der Waals surface area (Å²) in [7, 11) is 3.25. The molecule has 2 heterocycles. The van der Waals surface area contributed by atoms with Crippen LogP contribution in [0.2, 0.25) is 0 Å². The zero-order valence-electron chi connectivity index (χ0n) is 16.9. The lowest BCUT2D eigenvalue weighted by Gasteiger charge is -2.36. The predicted octanol–water partition coefficient (Wildman–Crippen LogP) is 1.80. The largest absolute Gasteiger partial charge is 0.497 e. The summed E-state index contributed by atoms with van der Waals surface area (Å²) in [5.41, 5.74) is 0.977. The van der Waals surface area contributed by atoms with Gasteiger partial charge in [-0.1, -0.05) is 18.9 Å². The maximum Gasteiger partial charge on any atom is 0.237 e. The van der Waals surface area contributed by atoms with Crippen LogP contribution in [0.1, 0.15) is 37.7 Å². The summed E-state index contributed by atoms with van der Waals surface area (Å²) in [6, 6.07) is 5.24. The Morgan fingerprint density at radius 3 is 2.54 bits per heavy atom. The SMILES string of the molecule is COc1ccc(CN2CCNC(=O)C2CC(=O)N2CCCCCC2)c(OC)c1. The average molecular weight is 389 g/mol. The highest BCUT2D eigenvalue weighted by Crippen LogP contribution is 2.27. The Kier molecular flexibility index (Phi) is 7.14. The molecule has 2 fully saturated rings. The number of amides is 2. The first-order valence-corrected chi connectivity index (χ1v) is 10.1. The molecule has 0 spiro atoms. The van der Waals surface area contributed by atoms with E-state index in [1.165, 1.54) is 12.8 Å². The van der Waals surface area contributed by atoms with Crippen molar-refractivity contribution in [2.24, 2.45) is 0 Å². The molecule has 2 saturated heterocycles. The Hall–Kier alpha value is -2.28. The molecule has 1 atom stereocenters. The van der Waals surface area contributed by atoms with Crippen LogP contribution in [-0.2, 0) is 16.1 Å². The van der Waals surface area contributed by atoms with Gasteiger partial charge in [-0.2, -0.15) is 0 Å². The van der Waals surface area contributed by atoms with E-state index in [0.717, 1.165) is 43.0 Å². The van der Waals surface area contributed by atoms with Gasteiger partial charge >= 0.3 is 0 Å². The van der Waals surface area contributed by atoms with Crippen LogP contribution in [0.5, 0.6) is 11.5 Å². The molecule has 0 saturated carbocycles. The molecule has 2 aliphatic rings. The van der Waals surface area contributed by atoms with Gasteiger partial charge in [0.15, 0.2) is 0 Å². The number of nitrogens with one attached hydrogen (secondary N) is 1. The first-order valence-electron chi connectivity index (χ1n) is 10.1. The lowest BCUT2D eigenvalue weighted by molar-refractivity contribution is -0.139. The van der Waals surface area contributed by atoms with E-state index < -0.39 is 6.04 Å². The van der Waals surface area contributed by atoms with Crippen molar-refractivity contribution in [1.29, 1.82) is 0 Å². The summed E-state index contributed by atoms with van der Waals surface area (Å²) in [6.45, 7) is 3.46. The number of hydrogen-bond acceptors (Lipinski definition) is 5. The van der Waals surface area contributed by atoms with Crippen LogP contribution in [0.25, 0.3) is 0 Å². The second-order valence-electron chi connectivity index (χ2n) is 7.45. The molecular weight excluding hydrogens is 358 g/mol.